The molecule has 6 nitrogen and oxygen atoms in total. The van der Waals surface area contributed by atoms with Crippen molar-refractivity contribution in [3.05, 3.63) is 71.7 Å². The van der Waals surface area contributed by atoms with Crippen LogP contribution in [0.25, 0.3) is 0 Å². The Morgan fingerprint density at radius 2 is 1.78 bits per heavy atom. The minimum atomic E-state index is -0.655. The number of ether oxygens (including phenoxy) is 2. The van der Waals surface area contributed by atoms with Crippen LogP contribution >= 0.6 is 0 Å². The number of Topliss-reactive ketones (excluding diaryl/α,β-unsaturated/α-hetero) is 1. The summed E-state index contributed by atoms with van der Waals surface area (Å²) in [7, 11) is 0. The largest absolute Gasteiger partial charge is 0.490 e. The molecule has 2 atom stereocenters. The number of carbonyl (C=O) groups is 2. The topological polar surface area (TPSA) is 77.9 Å². The van der Waals surface area contributed by atoms with E-state index in [1.54, 1.807) is 12.4 Å². The normalized spacial score (nSPS) is 22.1. The highest BCUT2D eigenvalue weighted by atomic mass is 16.6. The third-order valence-corrected chi connectivity index (χ3v) is 5.96. The number of para-hydroxylation sites is 1. The van der Waals surface area contributed by atoms with Crippen LogP contribution in [0.1, 0.15) is 45.1 Å². The maximum absolute atomic E-state index is 13.2. The van der Waals surface area contributed by atoms with Gasteiger partial charge >= 0.3 is 5.97 Å². The summed E-state index contributed by atoms with van der Waals surface area (Å²) >= 11 is 0. The second kappa shape index (κ2) is 9.07. The summed E-state index contributed by atoms with van der Waals surface area (Å²) in [5, 5.41) is 0. The minimum Gasteiger partial charge on any atom is -0.490 e. The van der Waals surface area contributed by atoms with Gasteiger partial charge < -0.3 is 9.47 Å². The molecule has 0 fully saturated rings. The first kappa shape index (κ1) is 21.9. The van der Waals surface area contributed by atoms with Crippen molar-refractivity contribution in [2.75, 3.05) is 13.2 Å². The lowest BCUT2D eigenvalue weighted by atomic mass is 9.67. The molecule has 1 aliphatic heterocycles. The Balaban J connectivity index is 1.56. The van der Waals surface area contributed by atoms with Crippen LogP contribution in [0.2, 0.25) is 0 Å². The molecular weight excluding hydrogens is 404 g/mol. The maximum Gasteiger partial charge on any atom is 0.315 e. The molecule has 0 amide bonds. The zero-order valence-electron chi connectivity index (χ0n) is 18.7. The van der Waals surface area contributed by atoms with Crippen LogP contribution < -0.4 is 4.74 Å². The zero-order valence-corrected chi connectivity index (χ0v) is 18.7. The number of allylic oxidation sites excluding steroid dienone is 2. The number of pyridine rings is 1. The van der Waals surface area contributed by atoms with Crippen molar-refractivity contribution in [1.29, 1.82) is 0 Å². The van der Waals surface area contributed by atoms with E-state index < -0.39 is 17.8 Å². The van der Waals surface area contributed by atoms with E-state index in [9.17, 15) is 9.59 Å². The van der Waals surface area contributed by atoms with Gasteiger partial charge in [-0.05, 0) is 48.6 Å². The van der Waals surface area contributed by atoms with Gasteiger partial charge in [0.2, 0.25) is 0 Å². The van der Waals surface area contributed by atoms with Crippen LogP contribution in [0.15, 0.2) is 71.1 Å². The number of hydrogen-bond donors (Lipinski definition) is 0. The Bertz CT molecular complexity index is 1060. The van der Waals surface area contributed by atoms with Crippen molar-refractivity contribution < 1.29 is 19.1 Å². The lowest BCUT2D eigenvalue weighted by Crippen LogP contribution is -2.39. The molecule has 32 heavy (non-hydrogen) atoms. The van der Waals surface area contributed by atoms with Gasteiger partial charge in [0.05, 0.1) is 0 Å². The second-order valence-corrected chi connectivity index (χ2v) is 9.12. The zero-order chi connectivity index (χ0) is 22.7. The molecule has 0 spiro atoms. The first-order chi connectivity index (χ1) is 15.4. The minimum absolute atomic E-state index is 0.0551. The highest BCUT2D eigenvalue weighted by molar-refractivity contribution is 6.09. The van der Waals surface area contributed by atoms with E-state index in [2.05, 4.69) is 18.8 Å². The molecule has 1 aromatic carbocycles. The quantitative estimate of drug-likeness (QED) is 0.495. The van der Waals surface area contributed by atoms with Crippen LogP contribution in [0.4, 0.5) is 0 Å². The van der Waals surface area contributed by atoms with Gasteiger partial charge in [0, 0.05) is 41.7 Å². The number of benzene rings is 1. The summed E-state index contributed by atoms with van der Waals surface area (Å²) < 4.78 is 11.2. The Morgan fingerprint density at radius 3 is 2.50 bits per heavy atom. The monoisotopic (exact) mass is 432 g/mol. The molecule has 1 unspecified atom stereocenters. The van der Waals surface area contributed by atoms with Crippen molar-refractivity contribution in [1.82, 2.24) is 4.98 Å². The highest BCUT2D eigenvalue weighted by Crippen LogP contribution is 2.47. The van der Waals surface area contributed by atoms with Crippen LogP contribution in [-0.2, 0) is 14.3 Å². The number of esters is 1. The predicted molar refractivity (Wildman–Crippen MR) is 122 cm³/mol. The summed E-state index contributed by atoms with van der Waals surface area (Å²) in [6.45, 7) is 6.37. The average Bonchev–Trinajstić information content (AvgIpc) is 2.76. The molecule has 4 rings (SSSR count). The SMILES string of the molecule is CC1=NC2=C(C(=O)CC(C)(C)C2)[C@H](c2ccncc2)C1C(=O)OCCOc1ccccc1. The fourth-order valence-electron chi connectivity index (χ4n) is 4.59. The van der Waals surface area contributed by atoms with E-state index in [1.165, 1.54) is 0 Å². The standard InChI is InChI=1S/C26H28N2O4/c1-17-22(25(30)32-14-13-31-19-7-5-4-6-8-19)23(18-9-11-27-12-10-18)24-20(28-17)15-26(2,3)16-21(24)29/h4-12,22-23H,13-16H2,1-3H3/t22?,23-/m1/s1. The molecular formula is C26H28N2O4. The van der Waals surface area contributed by atoms with Crippen LogP contribution in [0, 0.1) is 11.3 Å². The molecule has 1 aliphatic carbocycles. The van der Waals surface area contributed by atoms with Gasteiger partial charge in [-0.2, -0.15) is 0 Å². The van der Waals surface area contributed by atoms with E-state index in [0.29, 0.717) is 24.1 Å². The van der Waals surface area contributed by atoms with Crippen molar-refractivity contribution >= 4 is 17.5 Å². The fraction of sp³-hybridized carbons (Fsp3) is 0.385. The Morgan fingerprint density at radius 1 is 1.06 bits per heavy atom. The van der Waals surface area contributed by atoms with Gasteiger partial charge in [-0.3, -0.25) is 19.6 Å². The lowest BCUT2D eigenvalue weighted by molar-refractivity contribution is -0.147. The van der Waals surface area contributed by atoms with Gasteiger partial charge in [0.1, 0.15) is 24.9 Å². The molecule has 0 bridgehead atoms. The lowest BCUT2D eigenvalue weighted by Gasteiger charge is -2.38. The number of aromatic nitrogens is 1. The molecule has 2 aliphatic rings. The Kier molecular flexibility index (Phi) is 6.21. The number of nitrogens with zero attached hydrogens (tertiary/aromatic N) is 2. The first-order valence-corrected chi connectivity index (χ1v) is 10.9. The highest BCUT2D eigenvalue weighted by Gasteiger charge is 2.46. The number of ketones is 1. The summed E-state index contributed by atoms with van der Waals surface area (Å²) in [5.41, 5.74) is 2.83. The third-order valence-electron chi connectivity index (χ3n) is 5.96. The molecule has 1 aromatic heterocycles. The van der Waals surface area contributed by atoms with Gasteiger partial charge in [-0.1, -0.05) is 32.0 Å². The first-order valence-electron chi connectivity index (χ1n) is 10.9. The van der Waals surface area contributed by atoms with E-state index in [-0.39, 0.29) is 24.4 Å². The Hall–Kier alpha value is -3.28. The second-order valence-electron chi connectivity index (χ2n) is 9.12. The summed E-state index contributed by atoms with van der Waals surface area (Å²) in [4.78, 5) is 35.2. The average molecular weight is 433 g/mol. The van der Waals surface area contributed by atoms with Crippen molar-refractivity contribution in [2.45, 2.75) is 39.5 Å². The van der Waals surface area contributed by atoms with Crippen molar-refractivity contribution in [3.63, 3.8) is 0 Å². The third kappa shape index (κ3) is 4.64. The molecule has 6 heteroatoms. The predicted octanol–water partition coefficient (Wildman–Crippen LogP) is 4.52. The molecule has 0 N–H and O–H groups in total. The summed E-state index contributed by atoms with van der Waals surface area (Å²) in [5.74, 6) is -0.693. The van der Waals surface area contributed by atoms with Gasteiger partial charge in [0.25, 0.3) is 0 Å². The molecule has 2 heterocycles. The summed E-state index contributed by atoms with van der Waals surface area (Å²) in [6, 6.07) is 13.1. The van der Waals surface area contributed by atoms with Gasteiger partial charge in [0.15, 0.2) is 5.78 Å². The molecule has 2 aromatic rings. The molecule has 0 saturated heterocycles. The van der Waals surface area contributed by atoms with Crippen LogP contribution in [-0.4, -0.2) is 35.7 Å². The van der Waals surface area contributed by atoms with Crippen molar-refractivity contribution in [2.24, 2.45) is 16.3 Å². The van der Waals surface area contributed by atoms with Gasteiger partial charge in [-0.15, -0.1) is 0 Å². The van der Waals surface area contributed by atoms with Crippen LogP contribution in [0.3, 0.4) is 0 Å². The number of hydrogen-bond acceptors (Lipinski definition) is 6. The van der Waals surface area contributed by atoms with E-state index in [4.69, 9.17) is 14.5 Å². The smallest absolute Gasteiger partial charge is 0.315 e. The summed E-state index contributed by atoms with van der Waals surface area (Å²) in [6.07, 6.45) is 4.52. The fourth-order valence-corrected chi connectivity index (χ4v) is 4.59. The maximum atomic E-state index is 13.2. The van der Waals surface area contributed by atoms with E-state index in [0.717, 1.165) is 17.0 Å². The Labute approximate surface area is 188 Å². The molecule has 166 valence electrons. The van der Waals surface area contributed by atoms with E-state index in [1.807, 2.05) is 49.4 Å². The van der Waals surface area contributed by atoms with Gasteiger partial charge in [-0.25, -0.2) is 0 Å². The number of aliphatic imine (C=N–C) groups is 1. The van der Waals surface area contributed by atoms with Crippen LogP contribution in [0.5, 0.6) is 5.75 Å². The number of rotatable bonds is 6. The van der Waals surface area contributed by atoms with Crippen molar-refractivity contribution in [3.8, 4) is 5.75 Å². The molecule has 0 saturated carbocycles. The number of carbonyl (C=O) groups excluding carboxylic acids is 2. The van der Waals surface area contributed by atoms with E-state index >= 15 is 0 Å². The molecule has 0 radical (unpaired) electrons.